The van der Waals surface area contributed by atoms with Gasteiger partial charge < -0.3 is 19.7 Å². The van der Waals surface area contributed by atoms with E-state index in [1.165, 1.54) is 36.4 Å². The van der Waals surface area contributed by atoms with Crippen LogP contribution in [0.1, 0.15) is 55.3 Å². The van der Waals surface area contributed by atoms with Gasteiger partial charge in [-0.1, -0.05) is 12.1 Å². The molecule has 0 heterocycles. The molecular formula is C20H18O8. The number of ether oxygens (including phenoxy) is 2. The molecule has 0 atom stereocenters. The minimum absolute atomic E-state index is 0.0690. The van der Waals surface area contributed by atoms with Crippen LogP contribution in [-0.4, -0.2) is 47.3 Å². The maximum Gasteiger partial charge on any atom is 0.339 e. The van der Waals surface area contributed by atoms with Gasteiger partial charge in [-0.15, -0.1) is 0 Å². The van der Waals surface area contributed by atoms with Crippen molar-refractivity contribution in [3.63, 3.8) is 0 Å². The molecule has 0 saturated carbocycles. The predicted octanol–water partition coefficient (Wildman–Crippen LogP) is 3.10. The van der Waals surface area contributed by atoms with Crippen molar-refractivity contribution in [2.24, 2.45) is 0 Å². The van der Waals surface area contributed by atoms with Crippen LogP contribution in [0.4, 0.5) is 0 Å². The van der Waals surface area contributed by atoms with E-state index in [2.05, 4.69) is 0 Å². The molecule has 0 aliphatic heterocycles. The van der Waals surface area contributed by atoms with Gasteiger partial charge in [-0.2, -0.15) is 0 Å². The molecule has 0 spiro atoms. The van der Waals surface area contributed by atoms with E-state index < -0.39 is 23.9 Å². The summed E-state index contributed by atoms with van der Waals surface area (Å²) in [6.07, 6.45) is 0. The first-order chi connectivity index (χ1) is 13.3. The Hall–Kier alpha value is -3.68. The molecule has 0 aromatic heterocycles. The Morgan fingerprint density at radius 2 is 1.11 bits per heavy atom. The van der Waals surface area contributed by atoms with Crippen LogP contribution in [0.15, 0.2) is 36.4 Å². The van der Waals surface area contributed by atoms with Crippen LogP contribution < -0.4 is 0 Å². The highest BCUT2D eigenvalue weighted by molar-refractivity contribution is 6.05. The molecule has 0 fully saturated rings. The van der Waals surface area contributed by atoms with Crippen molar-refractivity contribution in [1.82, 2.24) is 0 Å². The van der Waals surface area contributed by atoms with Crippen molar-refractivity contribution >= 4 is 23.9 Å². The van der Waals surface area contributed by atoms with E-state index in [1.807, 2.05) is 0 Å². The molecule has 0 amide bonds. The molecule has 8 heteroatoms. The van der Waals surface area contributed by atoms with Crippen molar-refractivity contribution in [2.45, 2.75) is 13.8 Å². The van der Waals surface area contributed by atoms with E-state index in [9.17, 15) is 29.4 Å². The number of carboxylic acids is 2. The number of aromatic carboxylic acids is 2. The average molecular weight is 386 g/mol. The normalized spacial score (nSPS) is 10.2. The number of hydrogen-bond donors (Lipinski definition) is 2. The number of rotatable bonds is 7. The quantitative estimate of drug-likeness (QED) is 0.695. The fourth-order valence-corrected chi connectivity index (χ4v) is 2.58. The lowest BCUT2D eigenvalue weighted by Gasteiger charge is -2.11. The number of carbonyl (C=O) groups is 4. The lowest BCUT2D eigenvalue weighted by Crippen LogP contribution is -2.12. The van der Waals surface area contributed by atoms with Crippen molar-refractivity contribution in [2.75, 3.05) is 13.2 Å². The largest absolute Gasteiger partial charge is 0.478 e. The minimum atomic E-state index is -1.32. The predicted molar refractivity (Wildman–Crippen MR) is 97.7 cm³/mol. The molecule has 2 rings (SSSR count). The highest BCUT2D eigenvalue weighted by atomic mass is 16.5. The third-order valence-corrected chi connectivity index (χ3v) is 3.82. The van der Waals surface area contributed by atoms with E-state index in [-0.39, 0.29) is 35.5 Å². The molecule has 0 unspecified atom stereocenters. The van der Waals surface area contributed by atoms with Gasteiger partial charge in [-0.05, 0) is 49.2 Å². The van der Waals surface area contributed by atoms with Gasteiger partial charge in [0.2, 0.25) is 0 Å². The van der Waals surface area contributed by atoms with Crippen LogP contribution in [0.2, 0.25) is 0 Å². The zero-order chi connectivity index (χ0) is 20.8. The van der Waals surface area contributed by atoms with E-state index in [1.54, 1.807) is 13.8 Å². The SMILES string of the molecule is CCOC(=O)c1ccc(-c2ccc(C(=O)O)c(C(=O)OCC)c2)cc1C(=O)O. The van der Waals surface area contributed by atoms with E-state index in [0.717, 1.165) is 0 Å². The lowest BCUT2D eigenvalue weighted by molar-refractivity contribution is 0.0509. The van der Waals surface area contributed by atoms with Crippen LogP contribution in [0.5, 0.6) is 0 Å². The maximum absolute atomic E-state index is 12.1. The van der Waals surface area contributed by atoms with Crippen LogP contribution in [0, 0.1) is 0 Å². The van der Waals surface area contributed by atoms with Crippen LogP contribution in [-0.2, 0) is 9.47 Å². The second-order valence-electron chi connectivity index (χ2n) is 5.57. The van der Waals surface area contributed by atoms with Crippen LogP contribution >= 0.6 is 0 Å². The second-order valence-corrected chi connectivity index (χ2v) is 5.57. The fraction of sp³-hybridized carbons (Fsp3) is 0.200. The van der Waals surface area contributed by atoms with Crippen LogP contribution in [0.25, 0.3) is 11.1 Å². The molecule has 28 heavy (non-hydrogen) atoms. The Balaban J connectivity index is 2.58. The zero-order valence-corrected chi connectivity index (χ0v) is 15.2. The van der Waals surface area contributed by atoms with Crippen molar-refractivity contribution in [1.29, 1.82) is 0 Å². The Labute approximate surface area is 160 Å². The van der Waals surface area contributed by atoms with Gasteiger partial charge in [0.25, 0.3) is 0 Å². The summed E-state index contributed by atoms with van der Waals surface area (Å²) in [4.78, 5) is 47.0. The van der Waals surface area contributed by atoms with Gasteiger partial charge in [0.15, 0.2) is 0 Å². The van der Waals surface area contributed by atoms with Gasteiger partial charge in [0.1, 0.15) is 0 Å². The Bertz CT molecular complexity index is 945. The molecule has 146 valence electrons. The molecule has 8 nitrogen and oxygen atoms in total. The summed E-state index contributed by atoms with van der Waals surface area (Å²) in [5, 5.41) is 18.7. The fourth-order valence-electron chi connectivity index (χ4n) is 2.58. The number of hydrogen-bond acceptors (Lipinski definition) is 6. The van der Waals surface area contributed by atoms with Crippen LogP contribution in [0.3, 0.4) is 0 Å². The zero-order valence-electron chi connectivity index (χ0n) is 15.2. The van der Waals surface area contributed by atoms with Gasteiger partial charge in [0.05, 0.1) is 35.5 Å². The Morgan fingerprint density at radius 1 is 0.679 bits per heavy atom. The summed E-state index contributed by atoms with van der Waals surface area (Å²) >= 11 is 0. The van der Waals surface area contributed by atoms with Gasteiger partial charge in [0, 0.05) is 0 Å². The Kier molecular flexibility index (Phi) is 6.49. The lowest BCUT2D eigenvalue weighted by atomic mass is 9.96. The molecular weight excluding hydrogens is 368 g/mol. The van der Waals surface area contributed by atoms with Gasteiger partial charge in [-0.3, -0.25) is 0 Å². The molecule has 2 aromatic rings. The van der Waals surface area contributed by atoms with Crippen molar-refractivity contribution in [3.05, 3.63) is 58.7 Å². The van der Waals surface area contributed by atoms with E-state index >= 15 is 0 Å². The highest BCUT2D eigenvalue weighted by Crippen LogP contribution is 2.26. The van der Waals surface area contributed by atoms with E-state index in [4.69, 9.17) is 9.47 Å². The molecule has 0 aliphatic rings. The summed E-state index contributed by atoms with van der Waals surface area (Å²) in [6, 6.07) is 8.06. The average Bonchev–Trinajstić information content (AvgIpc) is 2.67. The first kappa shape index (κ1) is 20.6. The summed E-state index contributed by atoms with van der Waals surface area (Å²) in [7, 11) is 0. The van der Waals surface area contributed by atoms with Gasteiger partial charge >= 0.3 is 23.9 Å². The molecule has 2 N–H and O–H groups in total. The van der Waals surface area contributed by atoms with Crippen molar-refractivity contribution < 1.29 is 38.9 Å². The summed E-state index contributed by atoms with van der Waals surface area (Å²) in [5.41, 5.74) is 0.0164. The monoisotopic (exact) mass is 386 g/mol. The first-order valence-electron chi connectivity index (χ1n) is 8.39. The topological polar surface area (TPSA) is 127 Å². The van der Waals surface area contributed by atoms with E-state index in [0.29, 0.717) is 11.1 Å². The molecule has 2 aromatic carbocycles. The second kappa shape index (κ2) is 8.81. The molecule has 0 saturated heterocycles. The number of esters is 2. The summed E-state index contributed by atoms with van der Waals surface area (Å²) < 4.78 is 9.75. The standard InChI is InChI=1S/C20H18O8/c1-3-27-19(25)14-8-6-11(9-15(14)18(23)24)12-5-7-13(17(21)22)16(10-12)20(26)28-4-2/h5-10H,3-4H2,1-2H3,(H,21,22)(H,23,24). The molecule has 0 aliphatic carbocycles. The molecule has 0 bridgehead atoms. The third-order valence-electron chi connectivity index (χ3n) is 3.82. The smallest absolute Gasteiger partial charge is 0.339 e. The number of benzene rings is 2. The maximum atomic E-state index is 12.1. The number of carbonyl (C=O) groups excluding carboxylic acids is 2. The first-order valence-corrected chi connectivity index (χ1v) is 8.39. The third kappa shape index (κ3) is 4.35. The summed E-state index contributed by atoms with van der Waals surface area (Å²) in [6.45, 7) is 3.36. The van der Waals surface area contributed by atoms with Crippen molar-refractivity contribution in [3.8, 4) is 11.1 Å². The highest BCUT2D eigenvalue weighted by Gasteiger charge is 2.21. The Morgan fingerprint density at radius 3 is 1.57 bits per heavy atom. The van der Waals surface area contributed by atoms with Gasteiger partial charge in [-0.25, -0.2) is 19.2 Å². The number of carboxylic acid groups (broad SMARTS) is 2. The molecule has 0 radical (unpaired) electrons. The summed E-state index contributed by atoms with van der Waals surface area (Å²) in [5.74, 6) is -4.18. The minimum Gasteiger partial charge on any atom is -0.478 e.